The van der Waals surface area contributed by atoms with Crippen molar-refractivity contribution in [3.63, 3.8) is 0 Å². The molecule has 1 heterocycles. The van der Waals surface area contributed by atoms with Crippen LogP contribution >= 0.6 is 11.8 Å². The van der Waals surface area contributed by atoms with Gasteiger partial charge < -0.3 is 19.6 Å². The highest BCUT2D eigenvalue weighted by Gasteiger charge is 2.13. The zero-order valence-corrected chi connectivity index (χ0v) is 13.4. The maximum absolute atomic E-state index is 12.3. The van der Waals surface area contributed by atoms with Gasteiger partial charge in [-0.1, -0.05) is 23.9 Å². The molecule has 0 spiro atoms. The number of carbonyl (C=O) groups excluding carboxylic acids is 1. The summed E-state index contributed by atoms with van der Waals surface area (Å²) in [6.07, 6.45) is 0. The van der Waals surface area contributed by atoms with Crippen molar-refractivity contribution in [2.75, 3.05) is 18.1 Å². The molecule has 0 aliphatic heterocycles. The van der Waals surface area contributed by atoms with Crippen LogP contribution in [0.1, 0.15) is 10.4 Å². The van der Waals surface area contributed by atoms with Gasteiger partial charge in [0.25, 0.3) is 5.22 Å². The molecule has 1 aromatic heterocycles. The number of carbonyl (C=O) groups is 1. The maximum atomic E-state index is 12.3. The number of Topliss-reactive ketones (excluding diaryl/α,β-unsaturated/α-hetero) is 1. The Hall–Kier alpha value is -2.55. The van der Waals surface area contributed by atoms with Gasteiger partial charge in [-0.2, -0.15) is 0 Å². The number of aromatic nitrogens is 1. The molecule has 1 N–H and O–H groups in total. The van der Waals surface area contributed by atoms with E-state index in [0.29, 0.717) is 10.8 Å². The Kier molecular flexibility index (Phi) is 4.70. The molecule has 0 aliphatic carbocycles. The Labute approximate surface area is 141 Å². The first-order chi connectivity index (χ1) is 11.6. The molecular weight excluding hydrogens is 332 g/mol. The van der Waals surface area contributed by atoms with Crippen molar-refractivity contribution >= 4 is 34.3 Å². The molecule has 3 aromatic rings. The Morgan fingerprint density at radius 2 is 2.17 bits per heavy atom. The number of anilines is 1. The number of thioether (sulfide) groups is 1. The maximum Gasteiger partial charge on any atom is 0.257 e. The quantitative estimate of drug-likeness (QED) is 0.412. The van der Waals surface area contributed by atoms with Gasteiger partial charge in [0, 0.05) is 5.56 Å². The van der Waals surface area contributed by atoms with Gasteiger partial charge in [-0.3, -0.25) is 10.0 Å². The Bertz CT molecular complexity index is 845. The number of methoxy groups -OCH3 is 1. The lowest BCUT2D eigenvalue weighted by Gasteiger charge is -2.24. The number of nitrogens with zero attached hydrogens (tertiary/aromatic N) is 2. The van der Waals surface area contributed by atoms with Crippen LogP contribution in [0.15, 0.2) is 52.1 Å². The Morgan fingerprint density at radius 1 is 1.38 bits per heavy atom. The highest BCUT2D eigenvalue weighted by atomic mass is 32.2. The summed E-state index contributed by atoms with van der Waals surface area (Å²) in [7, 11) is 1.37. The molecule has 0 fully saturated rings. The summed E-state index contributed by atoms with van der Waals surface area (Å²) in [6, 6.07) is 11.6. The van der Waals surface area contributed by atoms with E-state index in [0.717, 1.165) is 17.3 Å². The SMILES string of the molecule is COc1ccc(C(=O)CSc2nc3ccccc3o2)cc1N([O-])O. The minimum absolute atomic E-state index is 0.0862. The summed E-state index contributed by atoms with van der Waals surface area (Å²) in [6.45, 7) is 0. The van der Waals surface area contributed by atoms with E-state index < -0.39 is 0 Å². The van der Waals surface area contributed by atoms with Crippen molar-refractivity contribution in [1.29, 1.82) is 0 Å². The summed E-state index contributed by atoms with van der Waals surface area (Å²) >= 11 is 1.16. The number of ketones is 1. The van der Waals surface area contributed by atoms with Crippen LogP contribution in [0.3, 0.4) is 0 Å². The second-order valence-corrected chi connectivity index (χ2v) is 5.75. The summed E-state index contributed by atoms with van der Waals surface area (Å²) < 4.78 is 10.5. The number of para-hydroxylation sites is 2. The van der Waals surface area contributed by atoms with Gasteiger partial charge in [0.2, 0.25) is 0 Å². The molecule has 0 bridgehead atoms. The van der Waals surface area contributed by atoms with Gasteiger partial charge in [0.1, 0.15) is 11.3 Å². The van der Waals surface area contributed by atoms with E-state index in [1.165, 1.54) is 25.3 Å². The lowest BCUT2D eigenvalue weighted by Crippen LogP contribution is -2.11. The molecule has 0 amide bonds. The molecule has 0 atom stereocenters. The molecule has 0 saturated carbocycles. The molecule has 2 aromatic carbocycles. The van der Waals surface area contributed by atoms with E-state index >= 15 is 0 Å². The molecule has 0 unspecified atom stereocenters. The summed E-state index contributed by atoms with van der Waals surface area (Å²) in [5.41, 5.74) is 1.53. The van der Waals surface area contributed by atoms with Crippen molar-refractivity contribution < 1.29 is 19.2 Å². The van der Waals surface area contributed by atoms with Crippen LogP contribution in [0.25, 0.3) is 11.1 Å². The fourth-order valence-electron chi connectivity index (χ4n) is 2.14. The van der Waals surface area contributed by atoms with Gasteiger partial charge in [0.05, 0.1) is 18.6 Å². The van der Waals surface area contributed by atoms with Crippen LogP contribution in [0.4, 0.5) is 5.69 Å². The van der Waals surface area contributed by atoms with E-state index in [4.69, 9.17) is 14.4 Å². The molecule has 0 saturated heterocycles. The molecule has 8 heteroatoms. The average molecular weight is 345 g/mol. The molecular formula is C16H13N2O5S-. The average Bonchev–Trinajstić information content (AvgIpc) is 3.02. The summed E-state index contributed by atoms with van der Waals surface area (Å²) in [5.74, 6) is 0.0340. The first-order valence-corrected chi connectivity index (χ1v) is 7.93. The van der Waals surface area contributed by atoms with E-state index in [-0.39, 0.29) is 33.8 Å². The predicted molar refractivity (Wildman–Crippen MR) is 89.7 cm³/mol. The van der Waals surface area contributed by atoms with Gasteiger partial charge in [-0.25, -0.2) is 4.98 Å². The van der Waals surface area contributed by atoms with Gasteiger partial charge in [-0.05, 0) is 30.3 Å². The topological polar surface area (TPSA) is 98.9 Å². The first-order valence-electron chi connectivity index (χ1n) is 6.94. The number of ether oxygens (including phenoxy) is 1. The number of fused-ring (bicyclic) bond motifs is 1. The Morgan fingerprint density at radius 3 is 2.88 bits per heavy atom. The molecule has 7 nitrogen and oxygen atoms in total. The van der Waals surface area contributed by atoms with Crippen LogP contribution in [0, 0.1) is 5.21 Å². The number of benzene rings is 2. The van der Waals surface area contributed by atoms with Gasteiger partial charge in [0.15, 0.2) is 11.4 Å². The first kappa shape index (κ1) is 16.3. The smallest absolute Gasteiger partial charge is 0.257 e. The molecule has 24 heavy (non-hydrogen) atoms. The molecule has 0 aliphatic rings. The number of oxazole rings is 1. The third-order valence-electron chi connectivity index (χ3n) is 3.31. The lowest BCUT2D eigenvalue weighted by atomic mass is 10.1. The summed E-state index contributed by atoms with van der Waals surface area (Å²) in [5, 5.41) is 20.3. The zero-order valence-electron chi connectivity index (χ0n) is 12.6. The van der Waals surface area contributed by atoms with E-state index in [2.05, 4.69) is 4.98 Å². The highest BCUT2D eigenvalue weighted by molar-refractivity contribution is 7.99. The second-order valence-electron chi connectivity index (χ2n) is 4.82. The highest BCUT2D eigenvalue weighted by Crippen LogP contribution is 2.29. The second kappa shape index (κ2) is 6.91. The Balaban J connectivity index is 1.73. The monoisotopic (exact) mass is 345 g/mol. The van der Waals surface area contributed by atoms with Crippen molar-refractivity contribution in [2.24, 2.45) is 0 Å². The third-order valence-corrected chi connectivity index (χ3v) is 4.14. The fraction of sp³-hybridized carbons (Fsp3) is 0.125. The van der Waals surface area contributed by atoms with E-state index in [9.17, 15) is 10.0 Å². The molecule has 0 radical (unpaired) electrons. The van der Waals surface area contributed by atoms with Crippen LogP contribution in [0.5, 0.6) is 5.75 Å². The molecule has 3 rings (SSSR count). The number of rotatable bonds is 6. The van der Waals surface area contributed by atoms with Gasteiger partial charge >= 0.3 is 0 Å². The normalized spacial score (nSPS) is 10.8. The van der Waals surface area contributed by atoms with Crippen molar-refractivity contribution in [2.45, 2.75) is 5.22 Å². The van der Waals surface area contributed by atoms with Crippen molar-refractivity contribution in [3.8, 4) is 5.75 Å². The largest absolute Gasteiger partial charge is 0.733 e. The predicted octanol–water partition coefficient (Wildman–Crippen LogP) is 3.50. The van der Waals surface area contributed by atoms with Gasteiger partial charge in [-0.15, -0.1) is 0 Å². The number of hydrogen-bond donors (Lipinski definition) is 1. The number of hydrogen-bond acceptors (Lipinski definition) is 8. The van der Waals surface area contributed by atoms with E-state index in [1.807, 2.05) is 18.2 Å². The lowest BCUT2D eigenvalue weighted by molar-refractivity contribution is 0.102. The fourth-order valence-corrected chi connectivity index (χ4v) is 2.87. The zero-order chi connectivity index (χ0) is 17.1. The van der Waals surface area contributed by atoms with Crippen LogP contribution < -0.4 is 9.96 Å². The van der Waals surface area contributed by atoms with Crippen molar-refractivity contribution in [1.82, 2.24) is 4.98 Å². The van der Waals surface area contributed by atoms with E-state index in [1.54, 1.807) is 6.07 Å². The van der Waals surface area contributed by atoms with Crippen LogP contribution in [-0.4, -0.2) is 28.8 Å². The molecule has 124 valence electrons. The third kappa shape index (κ3) is 3.35. The summed E-state index contributed by atoms with van der Waals surface area (Å²) in [4.78, 5) is 16.6. The standard InChI is InChI=1S/C16H13N2O5S/c1-22-15-7-6-10(8-12(15)18(20)21)13(19)9-24-16-17-11-4-2-3-5-14(11)23-16/h2-8,20H,9H2,1H3/q-1. The van der Waals surface area contributed by atoms with Crippen LogP contribution in [0.2, 0.25) is 0 Å². The minimum Gasteiger partial charge on any atom is -0.733 e. The van der Waals surface area contributed by atoms with Crippen molar-refractivity contribution in [3.05, 3.63) is 53.2 Å². The van der Waals surface area contributed by atoms with Crippen LogP contribution in [-0.2, 0) is 0 Å². The minimum atomic E-state index is -0.330.